The van der Waals surface area contributed by atoms with Crippen molar-refractivity contribution < 1.29 is 18.6 Å². The van der Waals surface area contributed by atoms with Gasteiger partial charge >= 0.3 is 0 Å². The summed E-state index contributed by atoms with van der Waals surface area (Å²) in [4.78, 5) is 3.85. The predicted octanol–water partition coefficient (Wildman–Crippen LogP) is 2.66. The smallest absolute Gasteiger partial charge is 0.138 e. The normalized spacial score (nSPS) is 12.1. The van der Waals surface area contributed by atoms with E-state index in [-0.39, 0.29) is 12.2 Å². The minimum Gasteiger partial charge on any atom is -0.491 e. The first kappa shape index (κ1) is 15.1. The molecule has 0 fully saturated rings. The van der Waals surface area contributed by atoms with E-state index in [9.17, 15) is 13.9 Å². The van der Waals surface area contributed by atoms with Crippen LogP contribution in [0.25, 0.3) is 5.69 Å². The quantitative estimate of drug-likeness (QED) is 0.786. The Labute approximate surface area is 130 Å². The molecule has 0 saturated carbocycles. The number of hydrogen-bond acceptors (Lipinski definition) is 4. The van der Waals surface area contributed by atoms with Crippen LogP contribution in [0.1, 0.15) is 11.7 Å². The topological polar surface area (TPSA) is 60.2 Å². The molecule has 0 amide bonds. The third-order valence-electron chi connectivity index (χ3n) is 3.25. The van der Waals surface area contributed by atoms with E-state index in [0.29, 0.717) is 5.75 Å². The molecule has 7 heteroatoms. The summed E-state index contributed by atoms with van der Waals surface area (Å²) >= 11 is 0. The Morgan fingerprint density at radius 1 is 1.13 bits per heavy atom. The van der Waals surface area contributed by atoms with Gasteiger partial charge in [-0.1, -0.05) is 6.07 Å². The summed E-state index contributed by atoms with van der Waals surface area (Å²) in [7, 11) is 0. The maximum Gasteiger partial charge on any atom is 0.138 e. The van der Waals surface area contributed by atoms with Crippen LogP contribution in [0, 0.1) is 11.6 Å². The fraction of sp³-hybridized carbons (Fsp3) is 0.125. The number of halogens is 2. The number of nitrogens with zero attached hydrogens (tertiary/aromatic N) is 3. The van der Waals surface area contributed by atoms with Gasteiger partial charge in [-0.05, 0) is 30.3 Å². The molecule has 2 aromatic carbocycles. The third-order valence-corrected chi connectivity index (χ3v) is 3.25. The molecular weight excluding hydrogens is 304 g/mol. The summed E-state index contributed by atoms with van der Waals surface area (Å²) in [6.07, 6.45) is 1.81. The zero-order valence-electron chi connectivity index (χ0n) is 11.9. The zero-order chi connectivity index (χ0) is 16.2. The summed E-state index contributed by atoms with van der Waals surface area (Å²) in [5.74, 6) is -0.985. The molecule has 1 N–H and O–H groups in total. The van der Waals surface area contributed by atoms with Gasteiger partial charge in [0.15, 0.2) is 0 Å². The second-order valence-electron chi connectivity index (χ2n) is 4.83. The highest BCUT2D eigenvalue weighted by Crippen LogP contribution is 2.20. The van der Waals surface area contributed by atoms with Crippen LogP contribution in [0.2, 0.25) is 0 Å². The number of ether oxygens (including phenoxy) is 1. The van der Waals surface area contributed by atoms with Crippen molar-refractivity contribution in [3.8, 4) is 11.4 Å². The molecule has 3 aromatic rings. The van der Waals surface area contributed by atoms with Crippen molar-refractivity contribution in [1.82, 2.24) is 14.8 Å². The number of aromatic nitrogens is 3. The van der Waals surface area contributed by atoms with Gasteiger partial charge in [0.05, 0.1) is 5.69 Å². The first-order valence-electron chi connectivity index (χ1n) is 6.84. The van der Waals surface area contributed by atoms with Crippen molar-refractivity contribution in [2.45, 2.75) is 6.10 Å². The van der Waals surface area contributed by atoms with E-state index >= 15 is 0 Å². The van der Waals surface area contributed by atoms with Crippen LogP contribution in [-0.4, -0.2) is 26.5 Å². The minimum atomic E-state index is -1.19. The number of benzene rings is 2. The summed E-state index contributed by atoms with van der Waals surface area (Å²) in [6, 6.07) is 9.96. The van der Waals surface area contributed by atoms with Crippen molar-refractivity contribution >= 4 is 0 Å². The van der Waals surface area contributed by atoms with Gasteiger partial charge in [0, 0.05) is 11.6 Å². The van der Waals surface area contributed by atoms with Gasteiger partial charge in [-0.15, -0.1) is 0 Å². The number of aliphatic hydroxyl groups excluding tert-OH is 1. The van der Waals surface area contributed by atoms with Crippen molar-refractivity contribution in [2.75, 3.05) is 6.61 Å². The van der Waals surface area contributed by atoms with Crippen LogP contribution in [0.3, 0.4) is 0 Å². The number of aliphatic hydroxyl groups is 1. The highest BCUT2D eigenvalue weighted by Gasteiger charge is 2.14. The van der Waals surface area contributed by atoms with E-state index in [1.54, 1.807) is 35.3 Å². The fourth-order valence-corrected chi connectivity index (χ4v) is 2.07. The molecule has 1 heterocycles. The van der Waals surface area contributed by atoms with Gasteiger partial charge in [-0.2, -0.15) is 5.10 Å². The van der Waals surface area contributed by atoms with Crippen molar-refractivity contribution in [2.24, 2.45) is 0 Å². The van der Waals surface area contributed by atoms with Crippen molar-refractivity contribution in [1.29, 1.82) is 0 Å². The molecule has 0 aliphatic heterocycles. The average molecular weight is 317 g/mol. The lowest BCUT2D eigenvalue weighted by atomic mass is 10.1. The Kier molecular flexibility index (Phi) is 4.29. The molecule has 1 atom stereocenters. The zero-order valence-corrected chi connectivity index (χ0v) is 11.9. The van der Waals surface area contributed by atoms with Gasteiger partial charge < -0.3 is 9.84 Å². The summed E-state index contributed by atoms with van der Waals surface area (Å²) in [5, 5.41) is 13.9. The largest absolute Gasteiger partial charge is 0.491 e. The summed E-state index contributed by atoms with van der Waals surface area (Å²) < 4.78 is 33.4. The lowest BCUT2D eigenvalue weighted by molar-refractivity contribution is 0.105. The standard InChI is InChI=1S/C16H13F2N3O2/c17-11-1-6-14(15(18)7-11)16(22)8-23-13-4-2-12(3-5-13)21-10-19-9-20-21/h1-7,9-10,16,22H,8H2. The highest BCUT2D eigenvalue weighted by molar-refractivity contribution is 5.36. The van der Waals surface area contributed by atoms with Crippen LogP contribution in [-0.2, 0) is 0 Å². The van der Waals surface area contributed by atoms with Crippen LogP contribution >= 0.6 is 0 Å². The van der Waals surface area contributed by atoms with E-state index in [2.05, 4.69) is 10.1 Å². The summed E-state index contributed by atoms with van der Waals surface area (Å²) in [6.45, 7) is -0.148. The van der Waals surface area contributed by atoms with Gasteiger partial charge in [0.1, 0.15) is 42.7 Å². The van der Waals surface area contributed by atoms with Crippen LogP contribution in [0.15, 0.2) is 55.1 Å². The van der Waals surface area contributed by atoms with Crippen molar-refractivity contribution in [3.63, 3.8) is 0 Å². The molecule has 1 aromatic heterocycles. The number of hydrogen-bond donors (Lipinski definition) is 1. The Bertz CT molecular complexity index is 777. The SMILES string of the molecule is OC(COc1ccc(-n2cncn2)cc1)c1ccc(F)cc1F. The van der Waals surface area contributed by atoms with E-state index in [0.717, 1.165) is 17.8 Å². The third kappa shape index (κ3) is 3.51. The van der Waals surface area contributed by atoms with Crippen LogP contribution < -0.4 is 4.74 Å². The van der Waals surface area contributed by atoms with Crippen molar-refractivity contribution in [3.05, 3.63) is 72.3 Å². The second kappa shape index (κ2) is 6.53. The van der Waals surface area contributed by atoms with Gasteiger partial charge in [0.25, 0.3) is 0 Å². The first-order valence-corrected chi connectivity index (χ1v) is 6.84. The molecule has 0 aliphatic carbocycles. The second-order valence-corrected chi connectivity index (χ2v) is 4.83. The molecule has 118 valence electrons. The maximum absolute atomic E-state index is 13.6. The molecular formula is C16H13F2N3O2. The first-order chi connectivity index (χ1) is 11.1. The molecule has 0 radical (unpaired) electrons. The monoisotopic (exact) mass is 317 g/mol. The Morgan fingerprint density at radius 2 is 1.91 bits per heavy atom. The molecule has 1 unspecified atom stereocenters. The van der Waals surface area contributed by atoms with Gasteiger partial charge in [-0.25, -0.2) is 18.4 Å². The average Bonchev–Trinajstić information content (AvgIpc) is 3.07. The predicted molar refractivity (Wildman–Crippen MR) is 78.2 cm³/mol. The molecule has 0 spiro atoms. The van der Waals surface area contributed by atoms with Crippen LogP contribution in [0.5, 0.6) is 5.75 Å². The molecule has 5 nitrogen and oxygen atoms in total. The minimum absolute atomic E-state index is 0.00867. The van der Waals surface area contributed by atoms with E-state index in [1.165, 1.54) is 12.4 Å². The van der Waals surface area contributed by atoms with Gasteiger partial charge in [0.2, 0.25) is 0 Å². The lowest BCUT2D eigenvalue weighted by Gasteiger charge is -2.13. The van der Waals surface area contributed by atoms with E-state index in [1.807, 2.05) is 0 Å². The Morgan fingerprint density at radius 3 is 2.57 bits per heavy atom. The summed E-state index contributed by atoms with van der Waals surface area (Å²) in [5.41, 5.74) is 0.797. The molecule has 0 aliphatic rings. The maximum atomic E-state index is 13.6. The van der Waals surface area contributed by atoms with E-state index in [4.69, 9.17) is 4.74 Å². The van der Waals surface area contributed by atoms with Gasteiger partial charge in [-0.3, -0.25) is 0 Å². The molecule has 0 saturated heterocycles. The Balaban J connectivity index is 1.63. The molecule has 3 rings (SSSR count). The van der Waals surface area contributed by atoms with Crippen LogP contribution in [0.4, 0.5) is 8.78 Å². The van der Waals surface area contributed by atoms with E-state index < -0.39 is 17.7 Å². The molecule has 23 heavy (non-hydrogen) atoms. The molecule has 0 bridgehead atoms. The lowest BCUT2D eigenvalue weighted by Crippen LogP contribution is -2.11. The Hall–Kier alpha value is -2.80. The number of rotatable bonds is 5. The highest BCUT2D eigenvalue weighted by atomic mass is 19.1. The fourth-order valence-electron chi connectivity index (χ4n) is 2.07.